The number of phenolic OH excluding ortho intramolecular Hbond substituents is 1. The van der Waals surface area contributed by atoms with E-state index in [4.69, 9.17) is 4.74 Å². The molecule has 1 aromatic rings. The average Bonchev–Trinajstić information content (AvgIpc) is 2.42. The summed E-state index contributed by atoms with van der Waals surface area (Å²) in [6.07, 6.45) is 0.353. The van der Waals surface area contributed by atoms with Crippen molar-refractivity contribution in [3.05, 3.63) is 17.7 Å². The number of hydrogen-bond donors (Lipinski definition) is 2. The number of benzene rings is 1. The summed E-state index contributed by atoms with van der Waals surface area (Å²) in [6.45, 7) is 0. The molecule has 2 N–H and O–H groups in total. The lowest BCUT2D eigenvalue weighted by atomic mass is 10.1. The number of carbonyl (C=O) groups is 1. The summed E-state index contributed by atoms with van der Waals surface area (Å²) in [7, 11) is 1.48. The summed E-state index contributed by atoms with van der Waals surface area (Å²) in [5.41, 5.74) is 1.53. The first-order valence-electron chi connectivity index (χ1n) is 3.90. The molecule has 13 heavy (non-hydrogen) atoms. The Labute approximate surface area is 75.1 Å². The number of ether oxygens (including phenoxy) is 1. The zero-order valence-electron chi connectivity index (χ0n) is 7.13. The summed E-state index contributed by atoms with van der Waals surface area (Å²) in [5, 5.41) is 12.0. The van der Waals surface area contributed by atoms with E-state index in [1.165, 1.54) is 13.2 Å². The van der Waals surface area contributed by atoms with Crippen LogP contribution in [-0.4, -0.2) is 18.1 Å². The maximum atomic E-state index is 11.0. The molecule has 0 aromatic heterocycles. The molecule has 0 bridgehead atoms. The van der Waals surface area contributed by atoms with E-state index in [9.17, 15) is 9.90 Å². The lowest BCUT2D eigenvalue weighted by molar-refractivity contribution is -0.115. The van der Waals surface area contributed by atoms with Crippen molar-refractivity contribution in [2.45, 2.75) is 6.42 Å². The third-order valence-corrected chi connectivity index (χ3v) is 2.03. The molecular formula is C9H9NO3. The number of amides is 1. The van der Waals surface area contributed by atoms with E-state index in [1.54, 1.807) is 6.07 Å². The molecule has 1 aliphatic rings. The summed E-state index contributed by atoms with van der Waals surface area (Å²) in [4.78, 5) is 11.0. The highest BCUT2D eigenvalue weighted by molar-refractivity contribution is 5.99. The van der Waals surface area contributed by atoms with Crippen molar-refractivity contribution in [2.75, 3.05) is 12.4 Å². The Bertz CT molecular complexity index is 373. The topological polar surface area (TPSA) is 58.6 Å². The van der Waals surface area contributed by atoms with Crippen LogP contribution in [-0.2, 0) is 11.2 Å². The number of nitrogens with one attached hydrogen (secondary N) is 1. The van der Waals surface area contributed by atoms with E-state index in [2.05, 4.69) is 5.32 Å². The molecule has 4 nitrogen and oxygen atoms in total. The number of anilines is 1. The van der Waals surface area contributed by atoms with Crippen molar-refractivity contribution in [2.24, 2.45) is 0 Å². The van der Waals surface area contributed by atoms with Crippen LogP contribution in [0.15, 0.2) is 12.1 Å². The van der Waals surface area contributed by atoms with E-state index >= 15 is 0 Å². The molecule has 1 aliphatic heterocycles. The predicted molar refractivity (Wildman–Crippen MR) is 47.0 cm³/mol. The summed E-state index contributed by atoms with van der Waals surface area (Å²) < 4.78 is 4.92. The molecule has 1 amide bonds. The largest absolute Gasteiger partial charge is 0.504 e. The maximum Gasteiger partial charge on any atom is 0.228 e. The Morgan fingerprint density at radius 2 is 2.31 bits per heavy atom. The summed E-state index contributed by atoms with van der Waals surface area (Å²) >= 11 is 0. The zero-order chi connectivity index (χ0) is 9.42. The van der Waals surface area contributed by atoms with Crippen molar-refractivity contribution >= 4 is 11.6 Å². The highest BCUT2D eigenvalue weighted by Gasteiger charge is 2.19. The van der Waals surface area contributed by atoms with Crippen molar-refractivity contribution in [1.82, 2.24) is 0 Å². The Morgan fingerprint density at radius 3 is 3.00 bits per heavy atom. The Balaban J connectivity index is 2.50. The van der Waals surface area contributed by atoms with Crippen LogP contribution in [0.2, 0.25) is 0 Å². The van der Waals surface area contributed by atoms with Gasteiger partial charge in [0.25, 0.3) is 0 Å². The Morgan fingerprint density at radius 1 is 1.54 bits per heavy atom. The summed E-state index contributed by atoms with van der Waals surface area (Å²) in [5.74, 6) is 0.390. The van der Waals surface area contributed by atoms with Crippen molar-refractivity contribution in [1.29, 1.82) is 0 Å². The molecule has 68 valence electrons. The van der Waals surface area contributed by atoms with E-state index < -0.39 is 0 Å². The molecule has 0 atom stereocenters. The lowest BCUT2D eigenvalue weighted by Crippen LogP contribution is -2.03. The van der Waals surface area contributed by atoms with Gasteiger partial charge in [0.15, 0.2) is 11.5 Å². The van der Waals surface area contributed by atoms with Gasteiger partial charge in [0.1, 0.15) is 0 Å². The molecule has 0 fully saturated rings. The van der Waals surface area contributed by atoms with Crippen LogP contribution < -0.4 is 10.1 Å². The van der Waals surface area contributed by atoms with Gasteiger partial charge in [-0.2, -0.15) is 0 Å². The van der Waals surface area contributed by atoms with E-state index in [-0.39, 0.29) is 11.7 Å². The molecule has 4 heteroatoms. The van der Waals surface area contributed by atoms with Gasteiger partial charge in [0, 0.05) is 11.8 Å². The molecule has 0 saturated heterocycles. The average molecular weight is 179 g/mol. The van der Waals surface area contributed by atoms with Gasteiger partial charge in [-0.1, -0.05) is 0 Å². The van der Waals surface area contributed by atoms with Crippen LogP contribution in [0.3, 0.4) is 0 Å². The minimum atomic E-state index is -0.0531. The number of phenols is 1. The first-order valence-corrected chi connectivity index (χ1v) is 3.90. The molecule has 0 unspecified atom stereocenters. The predicted octanol–water partition coefficient (Wildman–Crippen LogP) is 0.895. The van der Waals surface area contributed by atoms with Crippen molar-refractivity contribution < 1.29 is 14.6 Å². The van der Waals surface area contributed by atoms with Crippen molar-refractivity contribution in [3.8, 4) is 11.5 Å². The van der Waals surface area contributed by atoms with Crippen molar-refractivity contribution in [3.63, 3.8) is 0 Å². The lowest BCUT2D eigenvalue weighted by Gasteiger charge is -2.05. The number of hydrogen-bond acceptors (Lipinski definition) is 3. The van der Waals surface area contributed by atoms with Crippen LogP contribution >= 0.6 is 0 Å². The van der Waals surface area contributed by atoms with Gasteiger partial charge in [0.2, 0.25) is 5.91 Å². The van der Waals surface area contributed by atoms with Crippen LogP contribution in [0.4, 0.5) is 5.69 Å². The van der Waals surface area contributed by atoms with Gasteiger partial charge in [-0.3, -0.25) is 4.79 Å². The quantitative estimate of drug-likeness (QED) is 0.673. The first kappa shape index (κ1) is 7.91. The van der Waals surface area contributed by atoms with E-state index in [0.29, 0.717) is 17.9 Å². The van der Waals surface area contributed by atoms with Gasteiger partial charge in [-0.25, -0.2) is 0 Å². The molecule has 0 saturated carbocycles. The minimum Gasteiger partial charge on any atom is -0.504 e. The highest BCUT2D eigenvalue weighted by Crippen LogP contribution is 2.34. The number of methoxy groups -OCH3 is 1. The van der Waals surface area contributed by atoms with Gasteiger partial charge in [-0.15, -0.1) is 0 Å². The third-order valence-electron chi connectivity index (χ3n) is 2.03. The molecule has 0 spiro atoms. The summed E-state index contributed by atoms with van der Waals surface area (Å²) in [6, 6.07) is 3.17. The fraction of sp³-hybridized carbons (Fsp3) is 0.222. The molecular weight excluding hydrogens is 170 g/mol. The third kappa shape index (κ3) is 1.20. The number of fused-ring (bicyclic) bond motifs is 1. The fourth-order valence-corrected chi connectivity index (χ4v) is 1.40. The highest BCUT2D eigenvalue weighted by atomic mass is 16.5. The first-order chi connectivity index (χ1) is 6.20. The number of carbonyl (C=O) groups excluding carboxylic acids is 1. The molecule has 1 heterocycles. The van der Waals surface area contributed by atoms with E-state index in [0.717, 1.165) is 5.56 Å². The number of aromatic hydroxyl groups is 1. The second-order valence-electron chi connectivity index (χ2n) is 2.91. The van der Waals surface area contributed by atoms with Crippen LogP contribution in [0.25, 0.3) is 0 Å². The van der Waals surface area contributed by atoms with E-state index in [1.807, 2.05) is 0 Å². The second kappa shape index (κ2) is 2.65. The van der Waals surface area contributed by atoms with Gasteiger partial charge in [0.05, 0.1) is 13.5 Å². The molecule has 0 radical (unpaired) electrons. The normalized spacial score (nSPS) is 13.8. The molecule has 2 rings (SSSR count). The van der Waals surface area contributed by atoms with Crippen LogP contribution in [0.1, 0.15) is 5.56 Å². The Hall–Kier alpha value is -1.71. The van der Waals surface area contributed by atoms with Gasteiger partial charge >= 0.3 is 0 Å². The van der Waals surface area contributed by atoms with Gasteiger partial charge < -0.3 is 15.2 Å². The standard InChI is InChI=1S/C9H9NO3/c1-13-8-2-5-3-9(12)10-6(5)4-7(8)11/h2,4,11H,3H2,1H3,(H,10,12). The van der Waals surface area contributed by atoms with Crippen LogP contribution in [0.5, 0.6) is 11.5 Å². The monoisotopic (exact) mass is 179 g/mol. The smallest absolute Gasteiger partial charge is 0.228 e. The Kier molecular flexibility index (Phi) is 1.62. The van der Waals surface area contributed by atoms with Gasteiger partial charge in [-0.05, 0) is 11.6 Å². The number of rotatable bonds is 1. The van der Waals surface area contributed by atoms with Crippen LogP contribution in [0, 0.1) is 0 Å². The fourth-order valence-electron chi connectivity index (χ4n) is 1.40. The molecule has 1 aromatic carbocycles. The minimum absolute atomic E-state index is 0.0449. The second-order valence-corrected chi connectivity index (χ2v) is 2.91. The maximum absolute atomic E-state index is 11.0. The SMILES string of the molecule is COc1cc2c(cc1O)NC(=O)C2. The zero-order valence-corrected chi connectivity index (χ0v) is 7.13. The molecule has 0 aliphatic carbocycles.